The summed E-state index contributed by atoms with van der Waals surface area (Å²) >= 11 is 0. The molecule has 0 saturated heterocycles. The van der Waals surface area contributed by atoms with E-state index in [4.69, 9.17) is 10.5 Å². The Bertz CT molecular complexity index is 467. The minimum Gasteiger partial charge on any atom is -0.497 e. The number of carbonyl (C=O) groups excluding carboxylic acids is 1. The first-order valence-electron chi connectivity index (χ1n) is 6.04. The number of hydrogen-bond acceptors (Lipinski definition) is 4. The van der Waals surface area contributed by atoms with Gasteiger partial charge in [0.2, 0.25) is 5.91 Å². The molecule has 1 aromatic carbocycles. The highest BCUT2D eigenvalue weighted by molar-refractivity contribution is 5.96. The van der Waals surface area contributed by atoms with Crippen LogP contribution in [0, 0.1) is 5.92 Å². The van der Waals surface area contributed by atoms with Crippen LogP contribution in [0.5, 0.6) is 11.5 Å². The number of carbonyl (C=O) groups is 1. The normalized spacial score (nSPS) is 12.4. The van der Waals surface area contributed by atoms with Gasteiger partial charge in [-0.05, 0) is 18.1 Å². The predicted octanol–water partition coefficient (Wildman–Crippen LogP) is 2.22. The van der Waals surface area contributed by atoms with Gasteiger partial charge in [-0.25, -0.2) is 0 Å². The Balaban J connectivity index is 2.98. The summed E-state index contributed by atoms with van der Waals surface area (Å²) in [5, 5.41) is 2.47. The van der Waals surface area contributed by atoms with Crippen LogP contribution in [0.4, 0.5) is 14.5 Å². The maximum Gasteiger partial charge on any atom is 0.387 e. The monoisotopic (exact) mass is 288 g/mol. The molecule has 20 heavy (non-hydrogen) atoms. The van der Waals surface area contributed by atoms with Crippen LogP contribution in [0.15, 0.2) is 18.2 Å². The van der Waals surface area contributed by atoms with E-state index in [0.29, 0.717) is 5.75 Å². The van der Waals surface area contributed by atoms with Gasteiger partial charge in [0, 0.05) is 6.07 Å². The van der Waals surface area contributed by atoms with Crippen LogP contribution in [0.3, 0.4) is 0 Å². The average Bonchev–Trinajstić information content (AvgIpc) is 2.38. The number of methoxy groups -OCH3 is 1. The molecule has 0 spiro atoms. The van der Waals surface area contributed by atoms with Crippen molar-refractivity contribution in [3.05, 3.63) is 18.2 Å². The third kappa shape index (κ3) is 4.34. The number of halogens is 2. The molecule has 0 aromatic heterocycles. The van der Waals surface area contributed by atoms with Crippen molar-refractivity contribution < 1.29 is 23.0 Å². The highest BCUT2D eigenvalue weighted by atomic mass is 19.3. The lowest BCUT2D eigenvalue weighted by Gasteiger charge is -2.17. The molecule has 1 amide bonds. The summed E-state index contributed by atoms with van der Waals surface area (Å²) in [4.78, 5) is 11.9. The molecule has 1 aromatic rings. The van der Waals surface area contributed by atoms with E-state index in [1.807, 2.05) is 0 Å². The lowest BCUT2D eigenvalue weighted by Crippen LogP contribution is -2.39. The van der Waals surface area contributed by atoms with Crippen molar-refractivity contribution >= 4 is 11.6 Å². The van der Waals surface area contributed by atoms with Crippen molar-refractivity contribution in [2.75, 3.05) is 12.4 Å². The number of nitrogens with two attached hydrogens (primary N) is 1. The second kappa shape index (κ2) is 7.04. The summed E-state index contributed by atoms with van der Waals surface area (Å²) in [6, 6.07) is 3.39. The van der Waals surface area contributed by atoms with E-state index in [0.717, 1.165) is 0 Å². The maximum atomic E-state index is 12.3. The van der Waals surface area contributed by atoms with Gasteiger partial charge in [-0.2, -0.15) is 8.78 Å². The lowest BCUT2D eigenvalue weighted by molar-refractivity contribution is -0.118. The van der Waals surface area contributed by atoms with E-state index < -0.39 is 18.6 Å². The van der Waals surface area contributed by atoms with Crippen molar-refractivity contribution in [2.24, 2.45) is 11.7 Å². The van der Waals surface area contributed by atoms with E-state index in [1.165, 1.54) is 25.3 Å². The Labute approximate surface area is 116 Å². The fourth-order valence-corrected chi connectivity index (χ4v) is 1.45. The summed E-state index contributed by atoms with van der Waals surface area (Å²) in [6.07, 6.45) is 0. The molecule has 0 aliphatic heterocycles. The quantitative estimate of drug-likeness (QED) is 0.841. The Kier molecular flexibility index (Phi) is 5.69. The Morgan fingerprint density at radius 2 is 2.00 bits per heavy atom. The predicted molar refractivity (Wildman–Crippen MR) is 71.1 cm³/mol. The van der Waals surface area contributed by atoms with Crippen LogP contribution < -0.4 is 20.5 Å². The minimum absolute atomic E-state index is 0.0833. The van der Waals surface area contributed by atoms with Crippen molar-refractivity contribution in [1.29, 1.82) is 0 Å². The summed E-state index contributed by atoms with van der Waals surface area (Å²) in [6.45, 7) is 0.580. The number of amides is 1. The van der Waals surface area contributed by atoms with Gasteiger partial charge in [-0.15, -0.1) is 0 Å². The SMILES string of the molecule is COc1ccc(OC(F)F)c(NC(=O)C(N)C(C)C)c1. The number of ether oxygens (including phenoxy) is 2. The number of anilines is 1. The molecule has 1 unspecified atom stereocenters. The summed E-state index contributed by atoms with van der Waals surface area (Å²) in [7, 11) is 1.43. The van der Waals surface area contributed by atoms with E-state index in [1.54, 1.807) is 13.8 Å². The molecule has 1 atom stereocenters. The number of nitrogens with one attached hydrogen (secondary N) is 1. The van der Waals surface area contributed by atoms with Gasteiger partial charge < -0.3 is 20.5 Å². The third-order valence-electron chi connectivity index (χ3n) is 2.68. The van der Waals surface area contributed by atoms with E-state index in [9.17, 15) is 13.6 Å². The van der Waals surface area contributed by atoms with Gasteiger partial charge in [0.25, 0.3) is 0 Å². The van der Waals surface area contributed by atoms with Gasteiger partial charge in [-0.1, -0.05) is 13.8 Å². The summed E-state index contributed by atoms with van der Waals surface area (Å²) < 4.78 is 34.0. The molecular formula is C13H18F2N2O3. The average molecular weight is 288 g/mol. The molecule has 3 N–H and O–H groups in total. The largest absolute Gasteiger partial charge is 0.497 e. The molecule has 0 aliphatic carbocycles. The third-order valence-corrected chi connectivity index (χ3v) is 2.68. The number of hydrogen-bond donors (Lipinski definition) is 2. The van der Waals surface area contributed by atoms with E-state index in [2.05, 4.69) is 10.1 Å². The fourth-order valence-electron chi connectivity index (χ4n) is 1.45. The van der Waals surface area contributed by atoms with Gasteiger partial charge in [0.15, 0.2) is 0 Å². The first-order chi connectivity index (χ1) is 9.35. The molecule has 0 saturated carbocycles. The van der Waals surface area contributed by atoms with Gasteiger partial charge >= 0.3 is 6.61 Å². The Morgan fingerprint density at radius 3 is 2.50 bits per heavy atom. The molecule has 0 radical (unpaired) electrons. The number of rotatable bonds is 6. The van der Waals surface area contributed by atoms with Crippen LogP contribution >= 0.6 is 0 Å². The number of alkyl halides is 2. The van der Waals surface area contributed by atoms with Crippen molar-refractivity contribution in [3.8, 4) is 11.5 Å². The van der Waals surface area contributed by atoms with Crippen LogP contribution in [-0.4, -0.2) is 25.7 Å². The summed E-state index contributed by atoms with van der Waals surface area (Å²) in [5.74, 6) is -0.308. The first kappa shape index (κ1) is 16.2. The molecule has 0 aliphatic rings. The Hall–Kier alpha value is -1.89. The second-order valence-corrected chi connectivity index (χ2v) is 4.50. The topological polar surface area (TPSA) is 73.6 Å². The highest BCUT2D eigenvalue weighted by Crippen LogP contribution is 2.30. The van der Waals surface area contributed by atoms with Gasteiger partial charge in [0.1, 0.15) is 11.5 Å². The smallest absolute Gasteiger partial charge is 0.387 e. The van der Waals surface area contributed by atoms with E-state index in [-0.39, 0.29) is 17.4 Å². The molecule has 112 valence electrons. The zero-order chi connectivity index (χ0) is 15.3. The number of benzene rings is 1. The fraction of sp³-hybridized carbons (Fsp3) is 0.462. The van der Waals surface area contributed by atoms with Crippen LogP contribution in [0.2, 0.25) is 0 Å². The zero-order valence-corrected chi connectivity index (χ0v) is 11.5. The van der Waals surface area contributed by atoms with Crippen LogP contribution in [0.25, 0.3) is 0 Å². The molecule has 5 nitrogen and oxygen atoms in total. The van der Waals surface area contributed by atoms with Crippen LogP contribution in [0.1, 0.15) is 13.8 Å². The summed E-state index contributed by atoms with van der Waals surface area (Å²) in [5.41, 5.74) is 5.79. The lowest BCUT2D eigenvalue weighted by atomic mass is 10.0. The van der Waals surface area contributed by atoms with E-state index >= 15 is 0 Å². The first-order valence-corrected chi connectivity index (χ1v) is 6.04. The van der Waals surface area contributed by atoms with Crippen molar-refractivity contribution in [2.45, 2.75) is 26.5 Å². The molecule has 0 fully saturated rings. The molecule has 0 bridgehead atoms. The molecule has 1 rings (SSSR count). The van der Waals surface area contributed by atoms with Crippen molar-refractivity contribution in [3.63, 3.8) is 0 Å². The molecular weight excluding hydrogens is 270 g/mol. The standard InChI is InChI=1S/C13H18F2N2O3/c1-7(2)11(16)12(18)17-9-6-8(19-3)4-5-10(9)20-13(14)15/h4-7,11,13H,16H2,1-3H3,(H,17,18). The van der Waals surface area contributed by atoms with Gasteiger partial charge in [0.05, 0.1) is 18.8 Å². The van der Waals surface area contributed by atoms with Gasteiger partial charge in [-0.3, -0.25) is 4.79 Å². The zero-order valence-electron chi connectivity index (χ0n) is 11.5. The molecule has 7 heteroatoms. The van der Waals surface area contributed by atoms with Crippen molar-refractivity contribution in [1.82, 2.24) is 0 Å². The van der Waals surface area contributed by atoms with Crippen LogP contribution in [-0.2, 0) is 4.79 Å². The maximum absolute atomic E-state index is 12.3. The molecule has 0 heterocycles. The second-order valence-electron chi connectivity index (χ2n) is 4.50. The Morgan fingerprint density at radius 1 is 1.35 bits per heavy atom. The minimum atomic E-state index is -2.99. The highest BCUT2D eigenvalue weighted by Gasteiger charge is 2.20.